The number of carbonyl (C=O) groups excluding carboxylic acids is 2. The summed E-state index contributed by atoms with van der Waals surface area (Å²) in [6.07, 6.45) is 2.75. The van der Waals surface area contributed by atoms with Crippen LogP contribution in [0.2, 0.25) is 0 Å². The summed E-state index contributed by atoms with van der Waals surface area (Å²) in [7, 11) is -3.56. The monoisotopic (exact) mass is 591 g/mol. The van der Waals surface area contributed by atoms with E-state index in [-0.39, 0.29) is 37.4 Å². The summed E-state index contributed by atoms with van der Waals surface area (Å²) in [5.74, 6) is -0.380. The van der Waals surface area contributed by atoms with E-state index in [1.807, 2.05) is 101 Å². The molecular weight excluding hydrogens is 546 g/mol. The number of anilines is 1. The maximum absolute atomic E-state index is 14.0. The van der Waals surface area contributed by atoms with Gasteiger partial charge in [-0.25, -0.2) is 8.42 Å². The molecule has 2 atom stereocenters. The summed E-state index contributed by atoms with van der Waals surface area (Å²) in [6, 6.07) is 22.4. The fraction of sp³-hybridized carbons (Fsp3) is 0.412. The standard InChI is InChI=1S/C34H45N3O4S/c1-7-28(5)35-34(39)32(23-29-15-9-8-10-16-29)36(24-30-17-12-11-14-26(30)3)33(38)18-13-21-37(42(6,40)41)31-20-19-25(2)27(4)22-31/h8-12,14-17,19-20,22,28,32H,7,13,18,21,23-24H2,1-6H3,(H,35,39)/t28-,32+/m1/s1. The third kappa shape index (κ3) is 9.18. The highest BCUT2D eigenvalue weighted by Crippen LogP contribution is 2.23. The van der Waals surface area contributed by atoms with E-state index in [0.29, 0.717) is 18.5 Å². The first-order valence-electron chi connectivity index (χ1n) is 14.6. The number of amides is 2. The van der Waals surface area contributed by atoms with Gasteiger partial charge in [0.2, 0.25) is 21.8 Å². The quantitative estimate of drug-likeness (QED) is 0.260. The van der Waals surface area contributed by atoms with Gasteiger partial charge in [-0.3, -0.25) is 13.9 Å². The second-order valence-electron chi connectivity index (χ2n) is 11.2. The number of nitrogens with zero attached hydrogens (tertiary/aromatic N) is 2. The molecule has 0 unspecified atom stereocenters. The SMILES string of the molecule is CC[C@@H](C)NC(=O)[C@H](Cc1ccccc1)N(Cc1ccccc1C)C(=O)CCCN(c1ccc(C)c(C)c1)S(C)(=O)=O. The highest BCUT2D eigenvalue weighted by atomic mass is 32.2. The lowest BCUT2D eigenvalue weighted by atomic mass is 10.0. The molecule has 0 saturated heterocycles. The maximum atomic E-state index is 14.0. The fourth-order valence-corrected chi connectivity index (χ4v) is 5.81. The Balaban J connectivity index is 1.91. The molecule has 0 heterocycles. The minimum absolute atomic E-state index is 0.0347. The van der Waals surface area contributed by atoms with E-state index in [1.54, 1.807) is 11.0 Å². The van der Waals surface area contributed by atoms with E-state index >= 15 is 0 Å². The van der Waals surface area contributed by atoms with E-state index < -0.39 is 16.1 Å². The van der Waals surface area contributed by atoms with Crippen molar-refractivity contribution in [3.05, 3.63) is 101 Å². The fourth-order valence-electron chi connectivity index (χ4n) is 4.85. The number of hydrogen-bond donors (Lipinski definition) is 1. The smallest absolute Gasteiger partial charge is 0.243 e. The largest absolute Gasteiger partial charge is 0.352 e. The molecule has 3 aromatic rings. The number of benzene rings is 3. The first kappa shape index (κ1) is 32.9. The zero-order chi connectivity index (χ0) is 30.9. The van der Waals surface area contributed by atoms with E-state index in [9.17, 15) is 18.0 Å². The van der Waals surface area contributed by atoms with Crippen LogP contribution >= 0.6 is 0 Å². The number of carbonyl (C=O) groups is 2. The molecule has 0 aliphatic rings. The molecule has 0 aliphatic carbocycles. The molecule has 3 rings (SSSR count). The molecular formula is C34H45N3O4S. The molecule has 226 valence electrons. The topological polar surface area (TPSA) is 86.8 Å². The van der Waals surface area contributed by atoms with Crippen LogP contribution in [0.15, 0.2) is 72.8 Å². The average molecular weight is 592 g/mol. The molecule has 3 aromatic carbocycles. The van der Waals surface area contributed by atoms with Gasteiger partial charge in [0.15, 0.2) is 0 Å². The second-order valence-corrected chi connectivity index (χ2v) is 13.1. The van der Waals surface area contributed by atoms with E-state index in [1.165, 1.54) is 10.6 Å². The van der Waals surface area contributed by atoms with Crippen LogP contribution in [0.4, 0.5) is 5.69 Å². The average Bonchev–Trinajstić information content (AvgIpc) is 2.95. The number of nitrogens with one attached hydrogen (secondary N) is 1. The Kier molecular flexibility index (Phi) is 11.7. The van der Waals surface area contributed by atoms with Crippen LogP contribution in [0.25, 0.3) is 0 Å². The molecule has 0 radical (unpaired) electrons. The molecule has 0 aliphatic heterocycles. The lowest BCUT2D eigenvalue weighted by Gasteiger charge is -2.33. The second kappa shape index (κ2) is 15.0. The van der Waals surface area contributed by atoms with Crippen LogP contribution in [-0.2, 0) is 32.6 Å². The molecule has 0 fully saturated rings. The van der Waals surface area contributed by atoms with Crippen molar-refractivity contribution >= 4 is 27.5 Å². The summed E-state index contributed by atoms with van der Waals surface area (Å²) >= 11 is 0. The molecule has 8 heteroatoms. The van der Waals surface area contributed by atoms with Crippen LogP contribution in [0, 0.1) is 20.8 Å². The van der Waals surface area contributed by atoms with Gasteiger partial charge in [0, 0.05) is 32.0 Å². The van der Waals surface area contributed by atoms with Crippen molar-refractivity contribution in [2.75, 3.05) is 17.1 Å². The van der Waals surface area contributed by atoms with Crippen LogP contribution < -0.4 is 9.62 Å². The summed E-state index contributed by atoms with van der Waals surface area (Å²) in [5, 5.41) is 3.09. The molecule has 1 N–H and O–H groups in total. The third-order valence-corrected chi connectivity index (χ3v) is 9.00. The minimum atomic E-state index is -3.56. The lowest BCUT2D eigenvalue weighted by Crippen LogP contribution is -2.52. The highest BCUT2D eigenvalue weighted by Gasteiger charge is 2.31. The summed E-state index contributed by atoms with van der Waals surface area (Å²) in [4.78, 5) is 29.4. The van der Waals surface area contributed by atoms with Gasteiger partial charge in [0.25, 0.3) is 0 Å². The van der Waals surface area contributed by atoms with Crippen LogP contribution in [0.3, 0.4) is 0 Å². The molecule has 0 bridgehead atoms. The number of aryl methyl sites for hydroxylation is 3. The van der Waals surface area contributed by atoms with Gasteiger partial charge >= 0.3 is 0 Å². The third-order valence-electron chi connectivity index (χ3n) is 7.80. The predicted octanol–water partition coefficient (Wildman–Crippen LogP) is 5.71. The van der Waals surface area contributed by atoms with Crippen molar-refractivity contribution in [3.63, 3.8) is 0 Å². The first-order chi connectivity index (χ1) is 19.9. The van der Waals surface area contributed by atoms with E-state index in [2.05, 4.69) is 5.32 Å². The number of sulfonamides is 1. The van der Waals surface area contributed by atoms with Gasteiger partial charge in [-0.15, -0.1) is 0 Å². The van der Waals surface area contributed by atoms with Crippen molar-refractivity contribution in [2.24, 2.45) is 0 Å². The van der Waals surface area contributed by atoms with E-state index in [0.717, 1.165) is 34.2 Å². The van der Waals surface area contributed by atoms with Crippen molar-refractivity contribution in [2.45, 2.75) is 78.9 Å². The molecule has 0 spiro atoms. The lowest BCUT2D eigenvalue weighted by molar-refractivity contribution is -0.141. The van der Waals surface area contributed by atoms with Gasteiger partial charge < -0.3 is 10.2 Å². The number of hydrogen-bond acceptors (Lipinski definition) is 4. The number of rotatable bonds is 14. The zero-order valence-corrected chi connectivity index (χ0v) is 26.6. The maximum Gasteiger partial charge on any atom is 0.243 e. The van der Waals surface area contributed by atoms with Crippen molar-refractivity contribution < 1.29 is 18.0 Å². The summed E-state index contributed by atoms with van der Waals surface area (Å²) < 4.78 is 26.8. The normalized spacial score (nSPS) is 12.8. The van der Waals surface area contributed by atoms with Gasteiger partial charge in [-0.1, -0.05) is 67.6 Å². The Bertz CT molecular complexity index is 1460. The first-order valence-corrected chi connectivity index (χ1v) is 16.5. The molecule has 0 saturated carbocycles. The van der Waals surface area contributed by atoms with Crippen molar-refractivity contribution in [3.8, 4) is 0 Å². The predicted molar refractivity (Wildman–Crippen MR) is 171 cm³/mol. The van der Waals surface area contributed by atoms with E-state index in [4.69, 9.17) is 0 Å². The van der Waals surface area contributed by atoms with Crippen molar-refractivity contribution in [1.29, 1.82) is 0 Å². The Labute approximate surface area is 252 Å². The van der Waals surface area contributed by atoms with Gasteiger partial charge in [0.1, 0.15) is 6.04 Å². The van der Waals surface area contributed by atoms with Crippen LogP contribution in [-0.4, -0.2) is 50.0 Å². The Morgan fingerprint density at radius 3 is 2.17 bits per heavy atom. The zero-order valence-electron chi connectivity index (χ0n) is 25.8. The van der Waals surface area contributed by atoms with Gasteiger partial charge in [-0.05, 0) is 80.5 Å². The highest BCUT2D eigenvalue weighted by molar-refractivity contribution is 7.92. The minimum Gasteiger partial charge on any atom is -0.352 e. The van der Waals surface area contributed by atoms with Gasteiger partial charge in [-0.2, -0.15) is 0 Å². The van der Waals surface area contributed by atoms with Crippen LogP contribution in [0.1, 0.15) is 60.9 Å². The molecule has 0 aromatic heterocycles. The summed E-state index contributed by atoms with van der Waals surface area (Å²) in [6.45, 7) is 10.3. The van der Waals surface area contributed by atoms with Crippen molar-refractivity contribution in [1.82, 2.24) is 10.2 Å². The van der Waals surface area contributed by atoms with Gasteiger partial charge in [0.05, 0.1) is 11.9 Å². The Morgan fingerprint density at radius 1 is 0.881 bits per heavy atom. The molecule has 42 heavy (non-hydrogen) atoms. The summed E-state index contributed by atoms with van der Waals surface area (Å²) in [5.41, 5.74) is 5.62. The molecule has 2 amide bonds. The van der Waals surface area contributed by atoms with Crippen LogP contribution in [0.5, 0.6) is 0 Å². The Hall–Kier alpha value is -3.65. The molecule has 7 nitrogen and oxygen atoms in total. The Morgan fingerprint density at radius 2 is 1.55 bits per heavy atom.